The van der Waals surface area contributed by atoms with Gasteiger partial charge in [0.2, 0.25) is 0 Å². The van der Waals surface area contributed by atoms with E-state index in [1.807, 2.05) is 19.1 Å². The van der Waals surface area contributed by atoms with Crippen molar-refractivity contribution in [2.24, 2.45) is 17.8 Å². The number of carbonyl (C=O) groups is 1. The predicted molar refractivity (Wildman–Crippen MR) is 114 cm³/mol. The van der Waals surface area contributed by atoms with Gasteiger partial charge in [0.1, 0.15) is 11.9 Å². The maximum Gasteiger partial charge on any atom is 0.303 e. The van der Waals surface area contributed by atoms with Crippen molar-refractivity contribution < 1.29 is 19.7 Å². The normalized spacial score (nSPS) is 26.9. The van der Waals surface area contributed by atoms with Gasteiger partial charge in [0.15, 0.2) is 0 Å². The van der Waals surface area contributed by atoms with Crippen molar-refractivity contribution in [1.29, 1.82) is 0 Å². The number of benzene rings is 1. The van der Waals surface area contributed by atoms with Crippen LogP contribution >= 0.6 is 0 Å². The van der Waals surface area contributed by atoms with Gasteiger partial charge in [-0.2, -0.15) is 0 Å². The number of aryl methyl sites for hydroxylation is 1. The summed E-state index contributed by atoms with van der Waals surface area (Å²) in [4.78, 5) is 10.8. The zero-order valence-electron chi connectivity index (χ0n) is 17.6. The highest BCUT2D eigenvalue weighted by molar-refractivity contribution is 5.66. The molecule has 1 heterocycles. The topological polar surface area (TPSA) is 66.8 Å². The lowest BCUT2D eigenvalue weighted by Gasteiger charge is -2.19. The number of aliphatic hydroxyl groups is 1. The zero-order valence-corrected chi connectivity index (χ0v) is 17.6. The van der Waals surface area contributed by atoms with Crippen LogP contribution in [0.2, 0.25) is 0 Å². The van der Waals surface area contributed by atoms with Crippen LogP contribution < -0.4 is 4.74 Å². The number of hydrogen-bond donors (Lipinski definition) is 2. The molecular formula is C25H32O4. The highest BCUT2D eigenvalue weighted by Gasteiger charge is 2.48. The number of carboxylic acid groups (broad SMARTS) is 1. The Hall–Kier alpha value is -2.25. The van der Waals surface area contributed by atoms with E-state index in [0.29, 0.717) is 31.1 Å². The second kappa shape index (κ2) is 9.50. The Morgan fingerprint density at radius 3 is 2.90 bits per heavy atom. The number of rotatable bonds is 8. The number of aliphatic hydroxyl groups excluding tert-OH is 1. The number of ether oxygens (including phenoxy) is 1. The third-order valence-corrected chi connectivity index (χ3v) is 6.46. The molecule has 0 saturated heterocycles. The molecule has 0 bridgehead atoms. The summed E-state index contributed by atoms with van der Waals surface area (Å²) in [5.41, 5.74) is 2.24. The molecule has 0 spiro atoms. The molecule has 156 valence electrons. The Morgan fingerprint density at radius 2 is 2.17 bits per heavy atom. The molecule has 6 atom stereocenters. The van der Waals surface area contributed by atoms with E-state index in [0.717, 1.165) is 23.3 Å². The summed E-state index contributed by atoms with van der Waals surface area (Å²) in [5, 5.41) is 19.6. The van der Waals surface area contributed by atoms with Crippen LogP contribution in [-0.2, 0) is 11.2 Å². The van der Waals surface area contributed by atoms with Crippen molar-refractivity contribution in [3.8, 4) is 17.6 Å². The zero-order chi connectivity index (χ0) is 21.0. The van der Waals surface area contributed by atoms with Crippen molar-refractivity contribution >= 4 is 5.97 Å². The minimum absolute atomic E-state index is 0.00559. The summed E-state index contributed by atoms with van der Waals surface area (Å²) in [7, 11) is 0. The Labute approximate surface area is 174 Å². The summed E-state index contributed by atoms with van der Waals surface area (Å²) < 4.78 is 6.27. The lowest BCUT2D eigenvalue weighted by atomic mass is 9.85. The average Bonchev–Trinajstić information content (AvgIpc) is 3.19. The molecule has 2 aliphatic rings. The molecular weight excluding hydrogens is 364 g/mol. The van der Waals surface area contributed by atoms with Gasteiger partial charge in [0.25, 0.3) is 0 Å². The minimum Gasteiger partial charge on any atom is -0.489 e. The Kier molecular flexibility index (Phi) is 7.03. The monoisotopic (exact) mass is 396 g/mol. The maximum atomic E-state index is 10.8. The van der Waals surface area contributed by atoms with Crippen LogP contribution in [0, 0.1) is 29.6 Å². The van der Waals surface area contributed by atoms with Gasteiger partial charge in [-0.15, -0.1) is 11.8 Å². The van der Waals surface area contributed by atoms with Crippen LogP contribution in [0.5, 0.6) is 5.75 Å². The van der Waals surface area contributed by atoms with Crippen LogP contribution in [0.25, 0.3) is 0 Å². The first-order valence-electron chi connectivity index (χ1n) is 10.7. The Balaban J connectivity index is 1.75. The molecule has 2 N–H and O–H groups in total. The SMILES string of the molecule is CC#CC[C@H](C)[C@H](C)/C=C/C1[C@H](O)C[C@@H]2Oc3c(CCCC(=O)O)cccc3[C@H]12. The van der Waals surface area contributed by atoms with E-state index in [1.54, 1.807) is 0 Å². The quantitative estimate of drug-likeness (QED) is 0.499. The van der Waals surface area contributed by atoms with Gasteiger partial charge in [-0.3, -0.25) is 4.79 Å². The number of hydrogen-bond acceptors (Lipinski definition) is 3. The standard InChI is InChI=1S/C25H32O4/c1-4-5-8-16(2)17(3)13-14-19-21(26)15-22-24(19)20-11-6-9-18(25(20)29-22)10-7-12-23(27)28/h6,9,11,13-14,16-17,19,21-22,24,26H,7-8,10,12,15H2,1-3H3,(H,27,28)/b14-13+/t16-,17+,19?,21+,22-,24-/m0/s1. The molecule has 4 nitrogen and oxygen atoms in total. The molecule has 1 fully saturated rings. The van der Waals surface area contributed by atoms with Crippen molar-refractivity contribution in [2.45, 2.75) is 71.0 Å². The van der Waals surface area contributed by atoms with Crippen LogP contribution in [0.3, 0.4) is 0 Å². The smallest absolute Gasteiger partial charge is 0.303 e. The summed E-state index contributed by atoms with van der Waals surface area (Å²) in [5.74, 6) is 7.34. The lowest BCUT2D eigenvalue weighted by molar-refractivity contribution is -0.137. The van der Waals surface area contributed by atoms with Gasteiger partial charge in [0, 0.05) is 36.7 Å². The molecule has 0 amide bonds. The molecule has 1 aromatic rings. The Bertz CT molecular complexity index is 816. The molecule has 1 aliphatic heterocycles. The molecule has 0 radical (unpaired) electrons. The summed E-state index contributed by atoms with van der Waals surface area (Å²) >= 11 is 0. The highest BCUT2D eigenvalue weighted by Crippen LogP contribution is 2.52. The second-order valence-corrected chi connectivity index (χ2v) is 8.50. The van der Waals surface area contributed by atoms with E-state index in [4.69, 9.17) is 9.84 Å². The van der Waals surface area contributed by atoms with E-state index in [2.05, 4.69) is 43.9 Å². The number of fused-ring (bicyclic) bond motifs is 3. The second-order valence-electron chi connectivity index (χ2n) is 8.50. The number of allylic oxidation sites excluding steroid dienone is 1. The molecule has 3 rings (SSSR count). The third kappa shape index (κ3) is 4.85. The highest BCUT2D eigenvalue weighted by atomic mass is 16.5. The third-order valence-electron chi connectivity index (χ3n) is 6.46. The molecule has 4 heteroatoms. The van der Waals surface area contributed by atoms with E-state index in [-0.39, 0.29) is 24.4 Å². The van der Waals surface area contributed by atoms with Gasteiger partial charge < -0.3 is 14.9 Å². The van der Waals surface area contributed by atoms with Crippen LogP contribution in [0.1, 0.15) is 63.5 Å². The fourth-order valence-corrected chi connectivity index (χ4v) is 4.54. The van der Waals surface area contributed by atoms with Crippen molar-refractivity contribution in [2.75, 3.05) is 0 Å². The molecule has 0 aromatic heterocycles. The van der Waals surface area contributed by atoms with E-state index in [9.17, 15) is 9.90 Å². The van der Waals surface area contributed by atoms with Gasteiger partial charge in [-0.1, -0.05) is 44.2 Å². The molecule has 1 aromatic carbocycles. The maximum absolute atomic E-state index is 10.8. The fourth-order valence-electron chi connectivity index (χ4n) is 4.54. The van der Waals surface area contributed by atoms with Gasteiger partial charge in [-0.25, -0.2) is 0 Å². The first-order chi connectivity index (χ1) is 13.9. The van der Waals surface area contributed by atoms with E-state index >= 15 is 0 Å². The van der Waals surface area contributed by atoms with Crippen LogP contribution in [0.4, 0.5) is 0 Å². The fraction of sp³-hybridized carbons (Fsp3) is 0.560. The summed E-state index contributed by atoms with van der Waals surface area (Å²) in [6, 6.07) is 6.16. The number of para-hydroxylation sites is 1. The molecule has 1 aliphatic carbocycles. The molecule has 1 unspecified atom stereocenters. The lowest BCUT2D eigenvalue weighted by Crippen LogP contribution is -2.17. The number of aliphatic carboxylic acids is 1. The number of carboxylic acids is 1. The van der Waals surface area contributed by atoms with Gasteiger partial charge in [0.05, 0.1) is 6.10 Å². The van der Waals surface area contributed by atoms with Crippen molar-refractivity contribution in [1.82, 2.24) is 0 Å². The largest absolute Gasteiger partial charge is 0.489 e. The Morgan fingerprint density at radius 1 is 1.38 bits per heavy atom. The van der Waals surface area contributed by atoms with E-state index < -0.39 is 12.1 Å². The molecule has 1 saturated carbocycles. The summed E-state index contributed by atoms with van der Waals surface area (Å²) in [6.07, 6.45) is 6.99. The van der Waals surface area contributed by atoms with Crippen LogP contribution in [-0.4, -0.2) is 28.4 Å². The van der Waals surface area contributed by atoms with Crippen molar-refractivity contribution in [3.63, 3.8) is 0 Å². The van der Waals surface area contributed by atoms with Gasteiger partial charge >= 0.3 is 5.97 Å². The first kappa shape index (κ1) is 21.5. The minimum atomic E-state index is -0.767. The molecule has 29 heavy (non-hydrogen) atoms. The summed E-state index contributed by atoms with van der Waals surface area (Å²) in [6.45, 7) is 6.29. The van der Waals surface area contributed by atoms with E-state index in [1.165, 1.54) is 0 Å². The van der Waals surface area contributed by atoms with Crippen LogP contribution in [0.15, 0.2) is 30.4 Å². The first-order valence-corrected chi connectivity index (χ1v) is 10.7. The van der Waals surface area contributed by atoms with Gasteiger partial charge in [-0.05, 0) is 37.2 Å². The predicted octanol–water partition coefficient (Wildman–Crippen LogP) is 4.56. The van der Waals surface area contributed by atoms with Crippen molar-refractivity contribution in [3.05, 3.63) is 41.5 Å². The average molecular weight is 397 g/mol.